The molecule has 0 amide bonds. The Hall–Kier alpha value is 0.0925. The molecule has 0 atom stereocenters. The van der Waals surface area contributed by atoms with Gasteiger partial charge in [0.25, 0.3) is 0 Å². The molecule has 0 saturated carbocycles. The Morgan fingerprint density at radius 2 is 1.22 bits per heavy atom. The minimum atomic E-state index is -0.0417. The van der Waals surface area contributed by atoms with Crippen molar-refractivity contribution < 1.29 is 0 Å². The maximum Gasteiger partial charge on any atom is 3.00 e. The van der Waals surface area contributed by atoms with E-state index in [1.807, 2.05) is 20.8 Å². The Bertz CT molecular complexity index is 71.5. The first kappa shape index (κ1) is 23.0. The van der Waals surface area contributed by atoms with E-state index < -0.39 is 0 Å². The fourth-order valence-electron chi connectivity index (χ4n) is 0. The molecule has 0 bridgehead atoms. The maximum absolute atomic E-state index is 6.60. The van der Waals surface area contributed by atoms with E-state index in [1.165, 1.54) is 0 Å². The van der Waals surface area contributed by atoms with E-state index in [1.54, 1.807) is 0 Å². The van der Waals surface area contributed by atoms with Gasteiger partial charge in [-0.25, -0.2) is 0 Å². The zero-order valence-corrected chi connectivity index (χ0v) is 8.23. The topological polar surface area (TPSA) is 0 Å². The van der Waals surface area contributed by atoms with E-state index in [4.69, 9.17) is 6.42 Å². The summed E-state index contributed by atoms with van der Waals surface area (Å²) in [6.45, 7) is 5.83. The number of hydrogen-bond donors (Lipinski definition) is 0. The molecule has 0 radical (unpaired) electrons. The summed E-state index contributed by atoms with van der Waals surface area (Å²) >= 11 is 0. The standard InChI is InChI=1S/C6H9.2CH3.Al/c1-5-6(2,3)4;;;/h2-4H3;2*1H3;/q3*-1;+3. The molecule has 9 heavy (non-hydrogen) atoms. The van der Waals surface area contributed by atoms with Crippen LogP contribution >= 0.6 is 0 Å². The molecule has 1 heteroatoms. The van der Waals surface area contributed by atoms with E-state index in [0.717, 1.165) is 0 Å². The van der Waals surface area contributed by atoms with Crippen molar-refractivity contribution in [1.29, 1.82) is 0 Å². The van der Waals surface area contributed by atoms with Crippen molar-refractivity contribution in [3.05, 3.63) is 21.3 Å². The largest absolute Gasteiger partial charge is 3.00 e. The van der Waals surface area contributed by atoms with Crippen LogP contribution in [0.25, 0.3) is 0 Å². The zero-order valence-electron chi connectivity index (χ0n) is 7.08. The SMILES string of the molecule is [Al+3].[C-]#CC(C)(C)C.[CH3-].[CH3-]. The van der Waals surface area contributed by atoms with E-state index in [2.05, 4.69) is 5.92 Å². The van der Waals surface area contributed by atoms with Crippen molar-refractivity contribution >= 4 is 17.4 Å². The van der Waals surface area contributed by atoms with Gasteiger partial charge < -0.3 is 27.2 Å². The molecule has 0 unspecified atom stereocenters. The summed E-state index contributed by atoms with van der Waals surface area (Å²) in [6.07, 6.45) is 6.60. The van der Waals surface area contributed by atoms with Gasteiger partial charge in [0.1, 0.15) is 0 Å². The molecule has 0 aliphatic rings. The van der Waals surface area contributed by atoms with Gasteiger partial charge in [0, 0.05) is 0 Å². The molecule has 0 aliphatic heterocycles. The van der Waals surface area contributed by atoms with Crippen LogP contribution in [0.5, 0.6) is 0 Å². The van der Waals surface area contributed by atoms with Crippen molar-refractivity contribution in [2.45, 2.75) is 20.8 Å². The van der Waals surface area contributed by atoms with Crippen LogP contribution in [-0.2, 0) is 0 Å². The van der Waals surface area contributed by atoms with Gasteiger partial charge in [-0.05, 0) is 5.41 Å². The Kier molecular flexibility index (Phi) is 20.6. The molecule has 0 fully saturated rings. The predicted molar refractivity (Wildman–Crippen MR) is 45.2 cm³/mol. The predicted octanol–water partition coefficient (Wildman–Crippen LogP) is 2.14. The first-order valence-corrected chi connectivity index (χ1v) is 2.00. The summed E-state index contributed by atoms with van der Waals surface area (Å²) in [7, 11) is 0. The van der Waals surface area contributed by atoms with Gasteiger partial charge in [-0.2, -0.15) is 0 Å². The Morgan fingerprint density at radius 1 is 1.11 bits per heavy atom. The van der Waals surface area contributed by atoms with Crippen LogP contribution in [0.2, 0.25) is 0 Å². The number of hydrogen-bond acceptors (Lipinski definition) is 0. The van der Waals surface area contributed by atoms with Gasteiger partial charge >= 0.3 is 17.4 Å². The summed E-state index contributed by atoms with van der Waals surface area (Å²) in [5, 5.41) is 0. The van der Waals surface area contributed by atoms with Gasteiger partial charge in [-0.15, -0.1) is 0 Å². The van der Waals surface area contributed by atoms with E-state index in [9.17, 15) is 0 Å². The number of rotatable bonds is 0. The second-order valence-corrected chi connectivity index (χ2v) is 2.38. The van der Waals surface area contributed by atoms with Crippen molar-refractivity contribution in [1.82, 2.24) is 0 Å². The molecule has 0 aromatic rings. The van der Waals surface area contributed by atoms with Crippen LogP contribution in [0.4, 0.5) is 0 Å². The van der Waals surface area contributed by atoms with Crippen LogP contribution < -0.4 is 0 Å². The van der Waals surface area contributed by atoms with Crippen LogP contribution in [-0.4, -0.2) is 17.4 Å². The van der Waals surface area contributed by atoms with Crippen LogP contribution in [0.15, 0.2) is 0 Å². The molecule has 0 N–H and O–H groups in total. The minimum Gasteiger partial charge on any atom is -0.693 e. The first-order chi connectivity index (χ1) is 2.56. The van der Waals surface area contributed by atoms with Gasteiger partial charge in [0.05, 0.1) is 0 Å². The molecule has 0 saturated heterocycles. The smallest absolute Gasteiger partial charge is 0.693 e. The second-order valence-electron chi connectivity index (χ2n) is 2.38. The zero-order chi connectivity index (χ0) is 5.21. The normalized spacial score (nSPS) is 6.89. The van der Waals surface area contributed by atoms with Crippen molar-refractivity contribution in [3.8, 4) is 5.92 Å². The summed E-state index contributed by atoms with van der Waals surface area (Å²) < 4.78 is 0. The summed E-state index contributed by atoms with van der Waals surface area (Å²) in [6, 6.07) is 0. The molecule has 0 rings (SSSR count). The van der Waals surface area contributed by atoms with E-state index >= 15 is 0 Å². The average molecular weight is 138 g/mol. The van der Waals surface area contributed by atoms with E-state index in [0.29, 0.717) is 0 Å². The van der Waals surface area contributed by atoms with Crippen LogP contribution in [0.1, 0.15) is 20.8 Å². The Balaban J connectivity index is -0.0000000417. The van der Waals surface area contributed by atoms with Crippen molar-refractivity contribution in [2.75, 3.05) is 0 Å². The molecule has 0 nitrogen and oxygen atoms in total. The van der Waals surface area contributed by atoms with Gasteiger partial charge in [-0.3, -0.25) is 0 Å². The molecular weight excluding hydrogens is 123 g/mol. The minimum absolute atomic E-state index is 0. The fourth-order valence-corrected chi connectivity index (χ4v) is 0. The third-order valence-electron chi connectivity index (χ3n) is 0.375. The fraction of sp³-hybridized carbons (Fsp3) is 0.500. The summed E-state index contributed by atoms with van der Waals surface area (Å²) in [5.74, 6) is 2.35. The van der Waals surface area contributed by atoms with Crippen LogP contribution in [0.3, 0.4) is 0 Å². The molecule has 0 spiro atoms. The maximum atomic E-state index is 6.60. The third-order valence-corrected chi connectivity index (χ3v) is 0.375. The van der Waals surface area contributed by atoms with Crippen molar-refractivity contribution in [2.24, 2.45) is 5.41 Å². The van der Waals surface area contributed by atoms with Gasteiger partial charge in [0.2, 0.25) is 0 Å². The molecule has 0 heterocycles. The second kappa shape index (κ2) is 8.09. The molecular formula is C8H15Al. The van der Waals surface area contributed by atoms with Gasteiger partial charge in [0.15, 0.2) is 0 Å². The summed E-state index contributed by atoms with van der Waals surface area (Å²) in [5.41, 5.74) is -0.0417. The third kappa shape index (κ3) is 31.4. The first-order valence-electron chi connectivity index (χ1n) is 2.00. The average Bonchev–Trinajstić information content (AvgIpc) is 1.35. The monoisotopic (exact) mass is 138 g/mol. The molecule has 0 aliphatic carbocycles. The summed E-state index contributed by atoms with van der Waals surface area (Å²) in [4.78, 5) is 0. The molecule has 0 aromatic heterocycles. The van der Waals surface area contributed by atoms with Gasteiger partial charge in [-0.1, -0.05) is 20.8 Å². The van der Waals surface area contributed by atoms with E-state index in [-0.39, 0.29) is 37.6 Å². The molecule has 0 aromatic carbocycles. The Morgan fingerprint density at radius 3 is 1.22 bits per heavy atom. The Labute approximate surface area is 71.2 Å². The van der Waals surface area contributed by atoms with Crippen LogP contribution in [0, 0.1) is 32.6 Å². The van der Waals surface area contributed by atoms with Crippen molar-refractivity contribution in [3.63, 3.8) is 0 Å². The molecule has 50 valence electrons. The quantitative estimate of drug-likeness (QED) is 0.273.